The molecule has 2 aromatic rings. The summed E-state index contributed by atoms with van der Waals surface area (Å²) in [4.78, 5) is 5.09. The lowest BCUT2D eigenvalue weighted by molar-refractivity contribution is 0.164. The topological polar surface area (TPSA) is 86.7 Å². The molecule has 6 nitrogen and oxygen atoms in total. The fourth-order valence-electron chi connectivity index (χ4n) is 4.07. The van der Waals surface area contributed by atoms with Gasteiger partial charge < -0.3 is 14.9 Å². The molecule has 0 aliphatic heterocycles. The SMILES string of the molecule is CCc1nc2c(N)cccn2c1C1C=C(OC2C=C(S(=O)(=O)C(C)C)C=CC2)C=CC1. The fourth-order valence-corrected chi connectivity index (χ4v) is 5.24. The molecule has 0 saturated heterocycles. The highest BCUT2D eigenvalue weighted by Gasteiger charge is 2.26. The number of hydrogen-bond donors (Lipinski definition) is 1. The summed E-state index contributed by atoms with van der Waals surface area (Å²) in [5.74, 6) is 0.851. The normalized spacial score (nSPS) is 21.4. The van der Waals surface area contributed by atoms with E-state index < -0.39 is 15.1 Å². The second-order valence-electron chi connectivity index (χ2n) is 8.23. The summed E-state index contributed by atoms with van der Waals surface area (Å²) < 4.78 is 33.3. The van der Waals surface area contributed by atoms with Crippen molar-refractivity contribution in [3.63, 3.8) is 0 Å². The summed E-state index contributed by atoms with van der Waals surface area (Å²) in [5.41, 5.74) is 9.74. The second-order valence-corrected chi connectivity index (χ2v) is 10.7. The van der Waals surface area contributed by atoms with Crippen molar-refractivity contribution < 1.29 is 13.2 Å². The van der Waals surface area contributed by atoms with Gasteiger partial charge in [0.25, 0.3) is 0 Å². The molecule has 164 valence electrons. The van der Waals surface area contributed by atoms with E-state index in [0.717, 1.165) is 35.6 Å². The van der Waals surface area contributed by atoms with Gasteiger partial charge in [-0.15, -0.1) is 0 Å². The number of nitrogens with two attached hydrogens (primary N) is 1. The first kappa shape index (κ1) is 21.4. The molecule has 2 aromatic heterocycles. The molecule has 2 unspecified atom stereocenters. The first-order chi connectivity index (χ1) is 14.8. The van der Waals surface area contributed by atoms with Crippen LogP contribution in [0.1, 0.15) is 50.9 Å². The van der Waals surface area contributed by atoms with Gasteiger partial charge in [0.05, 0.1) is 27.2 Å². The Hall–Kier alpha value is -2.80. The molecule has 2 aliphatic rings. The highest BCUT2D eigenvalue weighted by Crippen LogP contribution is 2.33. The second kappa shape index (κ2) is 8.38. The zero-order valence-electron chi connectivity index (χ0n) is 18.2. The molecular formula is C24H29N3O3S. The van der Waals surface area contributed by atoms with Crippen LogP contribution < -0.4 is 5.73 Å². The first-order valence-electron chi connectivity index (χ1n) is 10.7. The average Bonchev–Trinajstić information content (AvgIpc) is 3.14. The van der Waals surface area contributed by atoms with Crippen LogP contribution >= 0.6 is 0 Å². The maximum atomic E-state index is 12.5. The van der Waals surface area contributed by atoms with Crippen LogP contribution in [0.4, 0.5) is 5.69 Å². The van der Waals surface area contributed by atoms with Gasteiger partial charge in [-0.25, -0.2) is 13.4 Å². The summed E-state index contributed by atoms with van der Waals surface area (Å²) in [5, 5.41) is -0.463. The molecule has 4 rings (SSSR count). The third-order valence-electron chi connectivity index (χ3n) is 5.75. The maximum absolute atomic E-state index is 12.5. The Labute approximate surface area is 183 Å². The molecular weight excluding hydrogens is 410 g/mol. The van der Waals surface area contributed by atoms with E-state index in [1.54, 1.807) is 26.0 Å². The smallest absolute Gasteiger partial charge is 0.180 e. The van der Waals surface area contributed by atoms with E-state index in [9.17, 15) is 8.42 Å². The zero-order valence-corrected chi connectivity index (χ0v) is 19.0. The van der Waals surface area contributed by atoms with Crippen LogP contribution in [-0.2, 0) is 21.0 Å². The summed E-state index contributed by atoms with van der Waals surface area (Å²) >= 11 is 0. The molecule has 31 heavy (non-hydrogen) atoms. The number of anilines is 1. The van der Waals surface area contributed by atoms with Crippen molar-refractivity contribution >= 4 is 21.2 Å². The third kappa shape index (κ3) is 4.06. The number of allylic oxidation sites excluding steroid dienone is 4. The van der Waals surface area contributed by atoms with Crippen molar-refractivity contribution in [2.24, 2.45) is 0 Å². The molecule has 2 N–H and O–H groups in total. The van der Waals surface area contributed by atoms with E-state index in [1.807, 2.05) is 30.5 Å². The molecule has 0 saturated carbocycles. The Morgan fingerprint density at radius 2 is 2.00 bits per heavy atom. The van der Waals surface area contributed by atoms with Crippen molar-refractivity contribution in [1.29, 1.82) is 0 Å². The van der Waals surface area contributed by atoms with Crippen molar-refractivity contribution in [2.45, 2.75) is 57.3 Å². The minimum Gasteiger partial charge on any atom is -0.486 e. The summed E-state index contributed by atoms with van der Waals surface area (Å²) in [7, 11) is -3.32. The predicted molar refractivity (Wildman–Crippen MR) is 124 cm³/mol. The lowest BCUT2D eigenvalue weighted by atomic mass is 9.94. The van der Waals surface area contributed by atoms with Gasteiger partial charge in [0, 0.05) is 18.5 Å². The summed E-state index contributed by atoms with van der Waals surface area (Å²) in [6.07, 6.45) is 15.4. The Balaban J connectivity index is 1.63. The molecule has 0 amide bonds. The van der Waals surface area contributed by atoms with E-state index in [4.69, 9.17) is 15.5 Å². The van der Waals surface area contributed by atoms with Crippen molar-refractivity contribution in [3.8, 4) is 0 Å². The van der Waals surface area contributed by atoms with Crippen LogP contribution in [0.3, 0.4) is 0 Å². The minimum absolute atomic E-state index is 0.105. The van der Waals surface area contributed by atoms with E-state index >= 15 is 0 Å². The van der Waals surface area contributed by atoms with Gasteiger partial charge in [0.15, 0.2) is 15.5 Å². The van der Waals surface area contributed by atoms with Gasteiger partial charge in [0.1, 0.15) is 11.9 Å². The highest BCUT2D eigenvalue weighted by molar-refractivity contribution is 7.96. The Kier molecular flexibility index (Phi) is 5.79. The van der Waals surface area contributed by atoms with E-state index in [1.165, 1.54) is 0 Å². The number of hydrogen-bond acceptors (Lipinski definition) is 5. The maximum Gasteiger partial charge on any atom is 0.180 e. The first-order valence-corrected chi connectivity index (χ1v) is 12.3. The minimum atomic E-state index is -3.32. The monoisotopic (exact) mass is 439 g/mol. The lowest BCUT2D eigenvalue weighted by Gasteiger charge is -2.23. The number of nitrogen functional groups attached to an aromatic ring is 1. The molecule has 7 heteroatoms. The standard InChI is InChI=1S/C24H29N3O3S/c1-4-22-23(27-13-7-12-21(25)24(27)26-22)17-8-5-9-18(14-17)30-19-10-6-11-20(15-19)31(28,29)16(2)3/h5-7,9,11-17,19H,4,8,10,25H2,1-3H3. The fraction of sp³-hybridized carbons (Fsp3) is 0.375. The van der Waals surface area contributed by atoms with E-state index in [2.05, 4.69) is 23.5 Å². The number of imidazole rings is 1. The zero-order chi connectivity index (χ0) is 22.2. The number of sulfone groups is 1. The number of aromatic nitrogens is 2. The van der Waals surface area contributed by atoms with Gasteiger partial charge in [0.2, 0.25) is 0 Å². The van der Waals surface area contributed by atoms with Crippen LogP contribution in [0.5, 0.6) is 0 Å². The molecule has 2 aliphatic carbocycles. The van der Waals surface area contributed by atoms with Crippen molar-refractivity contribution in [3.05, 3.63) is 76.8 Å². The largest absolute Gasteiger partial charge is 0.486 e. The van der Waals surface area contributed by atoms with Gasteiger partial charge in [-0.1, -0.05) is 19.1 Å². The van der Waals surface area contributed by atoms with Crippen LogP contribution in [-0.4, -0.2) is 29.2 Å². The molecule has 0 bridgehead atoms. The lowest BCUT2D eigenvalue weighted by Crippen LogP contribution is -2.20. The quantitative estimate of drug-likeness (QED) is 0.718. The molecule has 0 radical (unpaired) electrons. The molecule has 2 atom stereocenters. The molecule has 2 heterocycles. The highest BCUT2D eigenvalue weighted by atomic mass is 32.2. The van der Waals surface area contributed by atoms with Gasteiger partial charge in [-0.3, -0.25) is 0 Å². The molecule has 0 fully saturated rings. The van der Waals surface area contributed by atoms with Crippen LogP contribution in [0.15, 0.2) is 65.4 Å². The number of nitrogens with zero attached hydrogens (tertiary/aromatic N) is 2. The Bertz CT molecular complexity index is 1220. The van der Waals surface area contributed by atoms with Gasteiger partial charge in [-0.05, 0) is 63.1 Å². The molecule has 0 spiro atoms. The third-order valence-corrected chi connectivity index (χ3v) is 7.92. The Morgan fingerprint density at radius 3 is 2.74 bits per heavy atom. The van der Waals surface area contributed by atoms with E-state index in [-0.39, 0.29) is 12.0 Å². The molecule has 0 aromatic carbocycles. The number of ether oxygens (including phenoxy) is 1. The van der Waals surface area contributed by atoms with Gasteiger partial charge >= 0.3 is 0 Å². The summed E-state index contributed by atoms with van der Waals surface area (Å²) in [6, 6.07) is 3.80. The summed E-state index contributed by atoms with van der Waals surface area (Å²) in [6.45, 7) is 5.48. The number of rotatable bonds is 6. The Morgan fingerprint density at radius 1 is 1.23 bits per heavy atom. The van der Waals surface area contributed by atoms with Crippen LogP contribution in [0.25, 0.3) is 5.65 Å². The van der Waals surface area contributed by atoms with Crippen LogP contribution in [0.2, 0.25) is 0 Å². The number of aryl methyl sites for hydroxylation is 1. The van der Waals surface area contributed by atoms with Crippen molar-refractivity contribution in [1.82, 2.24) is 9.38 Å². The van der Waals surface area contributed by atoms with Crippen LogP contribution in [0, 0.1) is 0 Å². The van der Waals surface area contributed by atoms with Crippen molar-refractivity contribution in [2.75, 3.05) is 5.73 Å². The average molecular weight is 440 g/mol. The number of pyridine rings is 1. The van der Waals surface area contributed by atoms with E-state index in [0.29, 0.717) is 17.0 Å². The van der Waals surface area contributed by atoms with Gasteiger partial charge in [-0.2, -0.15) is 0 Å². The number of fused-ring (bicyclic) bond motifs is 1. The predicted octanol–water partition coefficient (Wildman–Crippen LogP) is 4.46.